The number of fused-ring (bicyclic) bond motifs is 2. The molecule has 12 nitrogen and oxygen atoms in total. The molecule has 4 aromatic rings. The molecule has 1 atom stereocenters. The van der Waals surface area contributed by atoms with E-state index in [9.17, 15) is 14.4 Å². The fraction of sp³-hybridized carbons (Fsp3) is 0.320. The predicted molar refractivity (Wildman–Crippen MR) is 141 cm³/mol. The number of nitrogens with zero attached hydrogens (tertiary/aromatic N) is 4. The van der Waals surface area contributed by atoms with E-state index in [0.29, 0.717) is 42.5 Å². The highest BCUT2D eigenvalue weighted by Crippen LogP contribution is 2.36. The topological polar surface area (TPSA) is 142 Å². The van der Waals surface area contributed by atoms with E-state index < -0.39 is 17.9 Å². The van der Waals surface area contributed by atoms with Gasteiger partial charge < -0.3 is 25.3 Å². The summed E-state index contributed by atoms with van der Waals surface area (Å²) < 4.78 is 6.33. The first-order chi connectivity index (χ1) is 18.5. The number of morpholine rings is 1. The van der Waals surface area contributed by atoms with Gasteiger partial charge in [-0.2, -0.15) is 0 Å². The Morgan fingerprint density at radius 2 is 2.08 bits per heavy atom. The number of hydrogen-bond acceptors (Lipinski definition) is 9. The van der Waals surface area contributed by atoms with Crippen molar-refractivity contribution in [2.45, 2.75) is 6.04 Å². The van der Waals surface area contributed by atoms with Crippen LogP contribution in [0.1, 0.15) is 9.67 Å². The van der Waals surface area contributed by atoms with E-state index in [-0.39, 0.29) is 19.0 Å². The van der Waals surface area contributed by atoms with Crippen molar-refractivity contribution in [1.82, 2.24) is 30.6 Å². The van der Waals surface area contributed by atoms with Crippen LogP contribution in [0.2, 0.25) is 0 Å². The van der Waals surface area contributed by atoms with E-state index in [0.717, 1.165) is 32.0 Å². The molecular weight excluding hydrogens is 510 g/mol. The van der Waals surface area contributed by atoms with Crippen LogP contribution >= 0.6 is 11.3 Å². The van der Waals surface area contributed by atoms with Crippen LogP contribution < -0.4 is 15.5 Å². The van der Waals surface area contributed by atoms with Gasteiger partial charge in [-0.15, -0.1) is 11.3 Å². The summed E-state index contributed by atoms with van der Waals surface area (Å²) in [6, 6.07) is 9.02. The monoisotopic (exact) mass is 535 g/mol. The molecule has 0 saturated carbocycles. The van der Waals surface area contributed by atoms with E-state index >= 15 is 0 Å². The van der Waals surface area contributed by atoms with Crippen LogP contribution in [-0.4, -0.2) is 90.3 Å². The zero-order valence-electron chi connectivity index (χ0n) is 20.5. The number of carbonyl (C=O) groups is 3. The first kappa shape index (κ1) is 24.3. The normalized spacial score (nSPS) is 17.6. The highest BCUT2D eigenvalue weighted by molar-refractivity contribution is 7.21. The van der Waals surface area contributed by atoms with E-state index in [4.69, 9.17) is 19.5 Å². The largest absolute Gasteiger partial charge is 0.378 e. The van der Waals surface area contributed by atoms with Gasteiger partial charge in [-0.25, -0.2) is 15.0 Å². The van der Waals surface area contributed by atoms with Gasteiger partial charge in [0, 0.05) is 35.8 Å². The molecule has 196 valence electrons. The number of aromatic amines is 1. The summed E-state index contributed by atoms with van der Waals surface area (Å²) >= 11 is 1.29. The Kier molecular flexibility index (Phi) is 6.39. The molecule has 0 bridgehead atoms. The smallest absolute Gasteiger partial charge is 0.270 e. The van der Waals surface area contributed by atoms with E-state index in [1.54, 1.807) is 6.07 Å². The number of thiophene rings is 1. The summed E-state index contributed by atoms with van der Waals surface area (Å²) in [7, 11) is 1.39. The molecule has 1 aromatic carbocycles. The van der Waals surface area contributed by atoms with Crippen molar-refractivity contribution in [3.63, 3.8) is 0 Å². The summed E-state index contributed by atoms with van der Waals surface area (Å²) in [6.45, 7) is 2.56. The van der Waals surface area contributed by atoms with Crippen LogP contribution in [0.25, 0.3) is 32.5 Å². The quantitative estimate of drug-likeness (QED) is 0.301. The molecule has 6 rings (SSSR count). The third-order valence-electron chi connectivity index (χ3n) is 6.58. The van der Waals surface area contributed by atoms with Crippen molar-refractivity contribution in [3.05, 3.63) is 41.4 Å². The van der Waals surface area contributed by atoms with Gasteiger partial charge in [0.2, 0.25) is 5.91 Å². The molecular formula is C25H25N7O5S. The minimum absolute atomic E-state index is 0.257. The molecule has 13 heteroatoms. The first-order valence-corrected chi connectivity index (χ1v) is 13.0. The lowest BCUT2D eigenvalue weighted by Crippen LogP contribution is -2.64. The first-order valence-electron chi connectivity index (χ1n) is 12.2. The molecule has 3 N–H and O–H groups in total. The van der Waals surface area contributed by atoms with E-state index in [2.05, 4.69) is 20.5 Å². The molecule has 2 fully saturated rings. The fourth-order valence-electron chi connectivity index (χ4n) is 4.58. The highest BCUT2D eigenvalue weighted by Gasteiger charge is 2.38. The van der Waals surface area contributed by atoms with Crippen LogP contribution in [0.5, 0.6) is 0 Å². The van der Waals surface area contributed by atoms with Crippen molar-refractivity contribution >= 4 is 56.0 Å². The van der Waals surface area contributed by atoms with Crippen molar-refractivity contribution in [1.29, 1.82) is 0 Å². The van der Waals surface area contributed by atoms with Gasteiger partial charge in [0.15, 0.2) is 11.6 Å². The van der Waals surface area contributed by atoms with Crippen molar-refractivity contribution in [2.75, 3.05) is 51.4 Å². The number of rotatable bonds is 7. The van der Waals surface area contributed by atoms with Gasteiger partial charge in [0.1, 0.15) is 6.04 Å². The molecule has 3 amide bonds. The maximum absolute atomic E-state index is 13.0. The third kappa shape index (κ3) is 4.44. The molecule has 1 unspecified atom stereocenters. The maximum Gasteiger partial charge on any atom is 0.270 e. The average Bonchev–Trinajstić information content (AvgIpc) is 3.60. The number of β-lactam (4-membered cyclic amide) rings is 1. The molecule has 3 aromatic heterocycles. The SMILES string of the molecule is CON1CC(NC(=O)CNC(=O)c2cc3nc(-c4cccc5[nH]ccc45)nc(N4CCOCC4)c3s2)C1=O. The molecule has 2 saturated heterocycles. The lowest BCUT2D eigenvalue weighted by molar-refractivity contribution is -0.203. The second kappa shape index (κ2) is 10.0. The van der Waals surface area contributed by atoms with Crippen LogP contribution in [0.15, 0.2) is 36.5 Å². The number of aromatic nitrogens is 3. The number of carbonyl (C=O) groups excluding carboxylic acids is 3. The Hall–Kier alpha value is -4.07. The molecule has 0 aliphatic carbocycles. The number of H-pyrrole nitrogens is 1. The zero-order valence-corrected chi connectivity index (χ0v) is 21.3. The van der Waals surface area contributed by atoms with Crippen LogP contribution in [0.3, 0.4) is 0 Å². The minimum atomic E-state index is -0.641. The average molecular weight is 536 g/mol. The third-order valence-corrected chi connectivity index (χ3v) is 7.70. The zero-order chi connectivity index (χ0) is 26.2. The van der Waals surface area contributed by atoms with Gasteiger partial charge in [-0.1, -0.05) is 12.1 Å². The second-order valence-electron chi connectivity index (χ2n) is 8.92. The van der Waals surface area contributed by atoms with Gasteiger partial charge in [0.05, 0.1) is 48.5 Å². The molecule has 0 radical (unpaired) electrons. The number of amides is 3. The van der Waals surface area contributed by atoms with Gasteiger partial charge in [-0.05, 0) is 18.2 Å². The van der Waals surface area contributed by atoms with Gasteiger partial charge >= 0.3 is 0 Å². The Morgan fingerprint density at radius 3 is 2.87 bits per heavy atom. The molecule has 38 heavy (non-hydrogen) atoms. The molecule has 0 spiro atoms. The summed E-state index contributed by atoms with van der Waals surface area (Å²) in [5.41, 5.74) is 2.54. The number of anilines is 1. The maximum atomic E-state index is 13.0. The Balaban J connectivity index is 1.26. The van der Waals surface area contributed by atoms with Crippen LogP contribution in [0.4, 0.5) is 5.82 Å². The summed E-state index contributed by atoms with van der Waals surface area (Å²) in [5, 5.41) is 7.39. The van der Waals surface area contributed by atoms with Gasteiger partial charge in [0.25, 0.3) is 11.8 Å². The summed E-state index contributed by atoms with van der Waals surface area (Å²) in [5.74, 6) is 0.155. The standard InChI is InChI=1S/C25H25N7O5S/c1-36-32-13-18(25(32)35)28-20(33)12-27-24(34)19-11-17-21(38-19)23(31-7-9-37-10-8-31)30-22(29-17)15-3-2-4-16-14(15)5-6-26-16/h2-6,11,18,26H,7-10,12-13H2,1H3,(H,27,34)(H,28,33). The summed E-state index contributed by atoms with van der Waals surface area (Å²) in [4.78, 5) is 57.5. The highest BCUT2D eigenvalue weighted by atomic mass is 32.1. The van der Waals surface area contributed by atoms with Crippen molar-refractivity contribution in [3.8, 4) is 11.4 Å². The van der Waals surface area contributed by atoms with E-state index in [1.165, 1.54) is 18.4 Å². The Labute approximate surface area is 220 Å². The molecule has 5 heterocycles. The number of benzene rings is 1. The second-order valence-corrected chi connectivity index (χ2v) is 9.98. The van der Waals surface area contributed by atoms with Crippen molar-refractivity contribution < 1.29 is 24.0 Å². The fourth-order valence-corrected chi connectivity index (χ4v) is 5.61. The van der Waals surface area contributed by atoms with Crippen LogP contribution in [-0.2, 0) is 19.2 Å². The minimum Gasteiger partial charge on any atom is -0.378 e. The molecule has 2 aliphatic rings. The van der Waals surface area contributed by atoms with E-state index in [1.807, 2.05) is 30.5 Å². The number of ether oxygens (including phenoxy) is 1. The lowest BCUT2D eigenvalue weighted by Gasteiger charge is -2.35. The number of hydroxylamine groups is 2. The summed E-state index contributed by atoms with van der Waals surface area (Å²) in [6.07, 6.45) is 1.88. The van der Waals surface area contributed by atoms with Gasteiger partial charge in [-0.3, -0.25) is 19.2 Å². The van der Waals surface area contributed by atoms with Crippen molar-refractivity contribution in [2.24, 2.45) is 0 Å². The Morgan fingerprint density at radius 1 is 1.24 bits per heavy atom. The lowest BCUT2D eigenvalue weighted by atomic mass is 10.1. The predicted octanol–water partition coefficient (Wildman–Crippen LogP) is 1.29. The number of hydrogen-bond donors (Lipinski definition) is 3. The van der Waals surface area contributed by atoms with Crippen LogP contribution in [0, 0.1) is 0 Å². The number of nitrogens with one attached hydrogen (secondary N) is 3. The molecule has 2 aliphatic heterocycles. The Bertz CT molecular complexity index is 1540.